The lowest BCUT2D eigenvalue weighted by atomic mass is 10.1. The monoisotopic (exact) mass is 260 g/mol. The van der Waals surface area contributed by atoms with Crippen LogP contribution < -0.4 is 4.74 Å². The molecule has 0 atom stereocenters. The van der Waals surface area contributed by atoms with Crippen LogP contribution in [0.15, 0.2) is 30.7 Å². The lowest BCUT2D eigenvalue weighted by Crippen LogP contribution is -2.08. The van der Waals surface area contributed by atoms with Crippen LogP contribution in [0.25, 0.3) is 0 Å². The molecular formula is C14H16N2O3. The molecule has 2 rings (SSSR count). The van der Waals surface area contributed by atoms with E-state index < -0.39 is 5.97 Å². The van der Waals surface area contributed by atoms with Crippen LogP contribution in [0.5, 0.6) is 5.75 Å². The van der Waals surface area contributed by atoms with Gasteiger partial charge in [-0.15, -0.1) is 0 Å². The van der Waals surface area contributed by atoms with Gasteiger partial charge in [-0.3, -0.25) is 4.79 Å². The standard InChI is InChI=1S/C14H16N2O3/c1-10-5-11(3-4-13(10)19-2)8-16-9-15-7-12(16)6-14(17)18/h3-5,7,9H,6,8H2,1-2H3,(H,17,18). The van der Waals surface area contributed by atoms with E-state index in [1.165, 1.54) is 0 Å². The molecule has 1 N–H and O–H groups in total. The zero-order valence-corrected chi connectivity index (χ0v) is 11.0. The highest BCUT2D eigenvalue weighted by Gasteiger charge is 2.08. The number of aromatic nitrogens is 2. The van der Waals surface area contributed by atoms with Crippen LogP contribution in [0.1, 0.15) is 16.8 Å². The molecule has 0 unspecified atom stereocenters. The lowest BCUT2D eigenvalue weighted by Gasteiger charge is -2.10. The molecule has 1 aromatic heterocycles. The molecule has 0 saturated heterocycles. The Morgan fingerprint density at radius 3 is 2.89 bits per heavy atom. The number of carboxylic acid groups (broad SMARTS) is 1. The first-order chi connectivity index (χ1) is 9.10. The fourth-order valence-electron chi connectivity index (χ4n) is 2.03. The molecule has 0 aliphatic carbocycles. The highest BCUT2D eigenvalue weighted by Crippen LogP contribution is 2.19. The van der Waals surface area contributed by atoms with E-state index in [2.05, 4.69) is 4.98 Å². The van der Waals surface area contributed by atoms with Crippen molar-refractivity contribution in [2.24, 2.45) is 0 Å². The lowest BCUT2D eigenvalue weighted by molar-refractivity contribution is -0.136. The zero-order valence-electron chi connectivity index (χ0n) is 11.0. The molecule has 1 aromatic carbocycles. The minimum Gasteiger partial charge on any atom is -0.496 e. The molecule has 0 radical (unpaired) electrons. The Morgan fingerprint density at radius 1 is 1.47 bits per heavy atom. The van der Waals surface area contributed by atoms with Crippen LogP contribution in [0.2, 0.25) is 0 Å². The van der Waals surface area contributed by atoms with Crippen molar-refractivity contribution in [2.75, 3.05) is 7.11 Å². The van der Waals surface area contributed by atoms with Crippen LogP contribution in [0, 0.1) is 6.92 Å². The predicted octanol–water partition coefficient (Wildman–Crippen LogP) is 1.88. The van der Waals surface area contributed by atoms with Gasteiger partial charge >= 0.3 is 5.97 Å². The van der Waals surface area contributed by atoms with Gasteiger partial charge in [0.25, 0.3) is 0 Å². The Morgan fingerprint density at radius 2 is 2.26 bits per heavy atom. The van der Waals surface area contributed by atoms with Gasteiger partial charge in [0.1, 0.15) is 5.75 Å². The number of carboxylic acids is 1. The number of nitrogens with zero attached hydrogens (tertiary/aromatic N) is 2. The summed E-state index contributed by atoms with van der Waals surface area (Å²) in [6.45, 7) is 2.59. The number of aryl methyl sites for hydroxylation is 1. The summed E-state index contributed by atoms with van der Waals surface area (Å²) in [6.07, 6.45) is 3.22. The minimum atomic E-state index is -0.854. The van der Waals surface area contributed by atoms with Gasteiger partial charge in [-0.2, -0.15) is 0 Å². The Bertz CT molecular complexity index is 590. The minimum absolute atomic E-state index is 0.0187. The Balaban J connectivity index is 2.19. The average Bonchev–Trinajstić information content (AvgIpc) is 2.76. The molecule has 0 amide bonds. The number of methoxy groups -OCH3 is 1. The van der Waals surface area contributed by atoms with Crippen molar-refractivity contribution in [1.82, 2.24) is 9.55 Å². The van der Waals surface area contributed by atoms with Gasteiger partial charge in [0.05, 0.1) is 19.9 Å². The van der Waals surface area contributed by atoms with Crippen LogP contribution in [0.4, 0.5) is 0 Å². The van der Waals surface area contributed by atoms with E-state index in [-0.39, 0.29) is 6.42 Å². The van der Waals surface area contributed by atoms with Crippen LogP contribution in [0.3, 0.4) is 0 Å². The molecule has 0 aliphatic rings. The SMILES string of the molecule is COc1ccc(Cn2cncc2CC(=O)O)cc1C. The molecule has 0 fully saturated rings. The third-order valence-corrected chi connectivity index (χ3v) is 2.94. The quantitative estimate of drug-likeness (QED) is 0.891. The molecule has 5 nitrogen and oxygen atoms in total. The highest BCUT2D eigenvalue weighted by molar-refractivity contribution is 5.69. The second-order valence-electron chi connectivity index (χ2n) is 4.39. The van der Waals surface area contributed by atoms with Gasteiger partial charge in [0.15, 0.2) is 0 Å². The van der Waals surface area contributed by atoms with Crippen LogP contribution in [-0.2, 0) is 17.8 Å². The molecule has 0 bridgehead atoms. The number of ether oxygens (including phenoxy) is 1. The fraction of sp³-hybridized carbons (Fsp3) is 0.286. The molecule has 2 aromatic rings. The van der Waals surface area contributed by atoms with E-state index in [0.717, 1.165) is 16.9 Å². The maximum Gasteiger partial charge on any atom is 0.309 e. The normalized spacial score (nSPS) is 10.4. The number of aliphatic carboxylic acids is 1. The van der Waals surface area contributed by atoms with E-state index in [1.807, 2.05) is 29.7 Å². The first-order valence-corrected chi connectivity index (χ1v) is 5.94. The first kappa shape index (κ1) is 13.1. The van der Waals surface area contributed by atoms with E-state index in [4.69, 9.17) is 9.84 Å². The van der Waals surface area contributed by atoms with Crippen molar-refractivity contribution in [3.8, 4) is 5.75 Å². The summed E-state index contributed by atoms with van der Waals surface area (Å²) >= 11 is 0. The molecule has 5 heteroatoms. The van der Waals surface area contributed by atoms with Gasteiger partial charge in [-0.1, -0.05) is 12.1 Å². The maximum atomic E-state index is 10.8. The van der Waals surface area contributed by atoms with Gasteiger partial charge in [0.2, 0.25) is 0 Å². The second kappa shape index (κ2) is 5.56. The molecule has 1 heterocycles. The van der Waals surface area contributed by atoms with E-state index >= 15 is 0 Å². The van der Waals surface area contributed by atoms with E-state index in [9.17, 15) is 4.79 Å². The number of hydrogen-bond acceptors (Lipinski definition) is 3. The molecule has 0 saturated carbocycles. The average molecular weight is 260 g/mol. The largest absolute Gasteiger partial charge is 0.496 e. The van der Waals surface area contributed by atoms with Crippen LogP contribution >= 0.6 is 0 Å². The zero-order chi connectivity index (χ0) is 13.8. The van der Waals surface area contributed by atoms with Gasteiger partial charge < -0.3 is 14.4 Å². The van der Waals surface area contributed by atoms with Gasteiger partial charge in [-0.05, 0) is 24.1 Å². The topological polar surface area (TPSA) is 64.4 Å². The number of hydrogen-bond donors (Lipinski definition) is 1. The number of carbonyl (C=O) groups is 1. The van der Waals surface area contributed by atoms with Gasteiger partial charge in [-0.25, -0.2) is 4.98 Å². The van der Waals surface area contributed by atoms with Crippen molar-refractivity contribution >= 4 is 5.97 Å². The van der Waals surface area contributed by atoms with E-state index in [0.29, 0.717) is 12.2 Å². The Kier molecular flexibility index (Phi) is 3.85. The van der Waals surface area contributed by atoms with Crippen molar-refractivity contribution in [1.29, 1.82) is 0 Å². The smallest absolute Gasteiger partial charge is 0.309 e. The third kappa shape index (κ3) is 3.13. The van der Waals surface area contributed by atoms with Crippen molar-refractivity contribution < 1.29 is 14.6 Å². The van der Waals surface area contributed by atoms with Crippen LogP contribution in [-0.4, -0.2) is 27.7 Å². The molecule has 0 aliphatic heterocycles. The molecule has 19 heavy (non-hydrogen) atoms. The second-order valence-corrected chi connectivity index (χ2v) is 4.39. The summed E-state index contributed by atoms with van der Waals surface area (Å²) in [5.41, 5.74) is 2.84. The van der Waals surface area contributed by atoms with Crippen molar-refractivity contribution in [3.05, 3.63) is 47.5 Å². The Labute approximate surface area is 111 Å². The predicted molar refractivity (Wildman–Crippen MR) is 70.4 cm³/mol. The number of rotatable bonds is 5. The summed E-state index contributed by atoms with van der Waals surface area (Å²) in [5, 5.41) is 8.83. The summed E-state index contributed by atoms with van der Waals surface area (Å²) in [5.74, 6) is -0.00666. The van der Waals surface area contributed by atoms with Crippen molar-refractivity contribution in [3.63, 3.8) is 0 Å². The third-order valence-electron chi connectivity index (χ3n) is 2.94. The first-order valence-electron chi connectivity index (χ1n) is 5.94. The molecule has 0 spiro atoms. The summed E-state index contributed by atoms with van der Waals surface area (Å²) in [4.78, 5) is 14.8. The Hall–Kier alpha value is -2.30. The number of benzene rings is 1. The summed E-state index contributed by atoms with van der Waals surface area (Å²) in [7, 11) is 1.64. The number of imidazole rings is 1. The summed E-state index contributed by atoms with van der Waals surface area (Å²) < 4.78 is 7.06. The van der Waals surface area contributed by atoms with Crippen molar-refractivity contribution in [2.45, 2.75) is 19.9 Å². The summed E-state index contributed by atoms with van der Waals surface area (Å²) in [6, 6.07) is 5.91. The maximum absolute atomic E-state index is 10.8. The fourth-order valence-corrected chi connectivity index (χ4v) is 2.03. The highest BCUT2D eigenvalue weighted by atomic mass is 16.5. The van der Waals surface area contributed by atoms with Gasteiger partial charge in [0, 0.05) is 18.4 Å². The van der Waals surface area contributed by atoms with E-state index in [1.54, 1.807) is 19.6 Å². The molecular weight excluding hydrogens is 244 g/mol. The molecule has 100 valence electrons.